The minimum absolute atomic E-state index is 0.0779. The Kier molecular flexibility index (Phi) is 7.70. The van der Waals surface area contributed by atoms with E-state index in [2.05, 4.69) is 10.6 Å². The number of amides is 3. The van der Waals surface area contributed by atoms with Gasteiger partial charge in [0.2, 0.25) is 5.43 Å². The van der Waals surface area contributed by atoms with E-state index in [9.17, 15) is 27.6 Å². The first-order valence-electron chi connectivity index (χ1n) is 8.94. The predicted octanol–water partition coefficient (Wildman–Crippen LogP) is -1.01. The van der Waals surface area contributed by atoms with Crippen LogP contribution < -0.4 is 20.8 Å². The number of methoxy groups -OCH3 is 1. The topological polar surface area (TPSA) is 153 Å². The van der Waals surface area contributed by atoms with Crippen LogP contribution in [0.25, 0.3) is 0 Å². The number of ether oxygens (including phenoxy) is 1. The van der Waals surface area contributed by atoms with Gasteiger partial charge in [0.1, 0.15) is 0 Å². The molecule has 0 fully saturated rings. The minimum atomic E-state index is -3.81. The summed E-state index contributed by atoms with van der Waals surface area (Å²) in [5.41, 5.74) is -0.453. The van der Waals surface area contributed by atoms with Gasteiger partial charge in [0.25, 0.3) is 16.0 Å². The number of nitrogens with one attached hydrogen (secondary N) is 2. The highest BCUT2D eigenvalue weighted by Crippen LogP contribution is 2.39. The Balaban J connectivity index is 2.69. The standard InChI is InChI=1S/C17H23IN4O8S/c1-19-15(24)12-14(29-4)13(23)10(18)11-9(20-16(25)17(26)21(2)3)6-8(22(11)12)7-30-31(5,27)28/h8-9H,6-7H2,1-5H3,(H,19,24)(H,20,25)/t8-,9?/m0/s1. The molecule has 12 nitrogen and oxygen atoms in total. The fourth-order valence-electron chi connectivity index (χ4n) is 3.26. The Bertz CT molecular complexity index is 1080. The maximum atomic E-state index is 12.9. The van der Waals surface area contributed by atoms with Gasteiger partial charge in [-0.25, -0.2) is 0 Å². The van der Waals surface area contributed by atoms with Crippen molar-refractivity contribution >= 4 is 50.4 Å². The zero-order valence-corrected chi connectivity index (χ0v) is 20.5. The van der Waals surface area contributed by atoms with Crippen molar-refractivity contribution in [1.82, 2.24) is 20.1 Å². The summed E-state index contributed by atoms with van der Waals surface area (Å²) in [7, 11) is 1.62. The van der Waals surface area contributed by atoms with E-state index < -0.39 is 45.4 Å². The van der Waals surface area contributed by atoms with Crippen molar-refractivity contribution in [1.29, 1.82) is 0 Å². The number of rotatable bonds is 6. The van der Waals surface area contributed by atoms with E-state index in [0.717, 1.165) is 11.2 Å². The molecule has 1 aromatic heterocycles. The highest BCUT2D eigenvalue weighted by molar-refractivity contribution is 14.1. The van der Waals surface area contributed by atoms with Crippen molar-refractivity contribution < 1.29 is 31.7 Å². The summed E-state index contributed by atoms with van der Waals surface area (Å²) < 4.78 is 34.8. The molecular weight excluding hydrogens is 547 g/mol. The molecule has 1 aliphatic rings. The Hall–Kier alpha value is -2.20. The van der Waals surface area contributed by atoms with Crippen LogP contribution in [0.1, 0.15) is 34.7 Å². The van der Waals surface area contributed by atoms with Crippen molar-refractivity contribution in [2.45, 2.75) is 18.5 Å². The molecule has 2 heterocycles. The number of halogens is 1. The van der Waals surface area contributed by atoms with Gasteiger partial charge < -0.3 is 24.8 Å². The van der Waals surface area contributed by atoms with Crippen LogP contribution in [0, 0.1) is 3.57 Å². The summed E-state index contributed by atoms with van der Waals surface area (Å²) in [5, 5.41) is 4.99. The zero-order valence-electron chi connectivity index (χ0n) is 17.5. The molecule has 0 aromatic carbocycles. The molecule has 2 atom stereocenters. The molecule has 3 amide bonds. The van der Waals surface area contributed by atoms with Crippen LogP contribution in [0.5, 0.6) is 5.75 Å². The molecule has 2 rings (SSSR count). The monoisotopic (exact) mass is 570 g/mol. The van der Waals surface area contributed by atoms with Crippen LogP contribution in [0.2, 0.25) is 0 Å². The second-order valence-corrected chi connectivity index (χ2v) is 9.69. The molecular formula is C17H23IN4O8S. The number of likely N-dealkylation sites (N-methyl/N-ethyl adjacent to an activating group) is 1. The van der Waals surface area contributed by atoms with Gasteiger partial charge in [-0.05, 0) is 29.0 Å². The van der Waals surface area contributed by atoms with Gasteiger partial charge in [-0.3, -0.25) is 23.4 Å². The summed E-state index contributed by atoms with van der Waals surface area (Å²) in [6.07, 6.45) is 0.960. The average Bonchev–Trinajstić information content (AvgIpc) is 3.04. The van der Waals surface area contributed by atoms with E-state index in [0.29, 0.717) is 0 Å². The van der Waals surface area contributed by atoms with Crippen molar-refractivity contribution in [3.05, 3.63) is 25.2 Å². The van der Waals surface area contributed by atoms with Crippen LogP contribution in [-0.2, 0) is 23.9 Å². The molecule has 0 aliphatic carbocycles. The maximum absolute atomic E-state index is 12.9. The first-order chi connectivity index (χ1) is 14.3. The van der Waals surface area contributed by atoms with E-state index in [1.165, 1.54) is 32.8 Å². The molecule has 0 bridgehead atoms. The highest BCUT2D eigenvalue weighted by Gasteiger charge is 2.40. The van der Waals surface area contributed by atoms with Gasteiger partial charge in [0.05, 0.1) is 41.3 Å². The van der Waals surface area contributed by atoms with Gasteiger partial charge in [-0.15, -0.1) is 0 Å². The molecule has 172 valence electrons. The fraction of sp³-hybridized carbons (Fsp3) is 0.529. The van der Waals surface area contributed by atoms with E-state index in [-0.39, 0.29) is 33.7 Å². The molecule has 1 aromatic rings. The van der Waals surface area contributed by atoms with Gasteiger partial charge in [0, 0.05) is 21.1 Å². The zero-order chi connectivity index (χ0) is 23.7. The molecule has 1 unspecified atom stereocenters. The quantitative estimate of drug-likeness (QED) is 0.251. The third-order valence-corrected chi connectivity index (χ3v) is 6.18. The molecule has 2 N–H and O–H groups in total. The first-order valence-corrected chi connectivity index (χ1v) is 11.8. The Labute approximate surface area is 192 Å². The minimum Gasteiger partial charge on any atom is -0.491 e. The molecule has 0 saturated heterocycles. The molecule has 14 heteroatoms. The lowest BCUT2D eigenvalue weighted by atomic mass is 10.1. The second-order valence-electron chi connectivity index (χ2n) is 6.96. The second kappa shape index (κ2) is 9.52. The number of nitrogens with zero attached hydrogens (tertiary/aromatic N) is 2. The van der Waals surface area contributed by atoms with Crippen molar-refractivity contribution in [2.24, 2.45) is 0 Å². The van der Waals surface area contributed by atoms with E-state index in [1.807, 2.05) is 0 Å². The molecule has 31 heavy (non-hydrogen) atoms. The normalized spacial score (nSPS) is 17.6. The average molecular weight is 570 g/mol. The van der Waals surface area contributed by atoms with Gasteiger partial charge in [-0.1, -0.05) is 0 Å². The van der Waals surface area contributed by atoms with Crippen LogP contribution in [0.15, 0.2) is 4.79 Å². The Morgan fingerprint density at radius 3 is 2.39 bits per heavy atom. The predicted molar refractivity (Wildman–Crippen MR) is 117 cm³/mol. The lowest BCUT2D eigenvalue weighted by Crippen LogP contribution is -2.41. The van der Waals surface area contributed by atoms with Crippen LogP contribution in [0.3, 0.4) is 0 Å². The highest BCUT2D eigenvalue weighted by atomic mass is 127. The van der Waals surface area contributed by atoms with Crippen molar-refractivity contribution in [3.8, 4) is 5.75 Å². The molecule has 1 aliphatic heterocycles. The van der Waals surface area contributed by atoms with Crippen LogP contribution >= 0.6 is 22.6 Å². The van der Waals surface area contributed by atoms with E-state index >= 15 is 0 Å². The van der Waals surface area contributed by atoms with Gasteiger partial charge >= 0.3 is 11.8 Å². The number of aromatic nitrogens is 1. The summed E-state index contributed by atoms with van der Waals surface area (Å²) in [6, 6.07) is -1.60. The molecule has 0 saturated carbocycles. The molecule has 0 spiro atoms. The number of fused-ring (bicyclic) bond motifs is 1. The smallest absolute Gasteiger partial charge is 0.311 e. The van der Waals surface area contributed by atoms with E-state index in [4.69, 9.17) is 8.92 Å². The third kappa shape index (κ3) is 5.17. The SMILES string of the molecule is CNC(=O)c1c(OC)c(=O)c(I)c2n1[C@H](COS(C)(=O)=O)CC2NC(=O)C(=O)N(C)C. The lowest BCUT2D eigenvalue weighted by molar-refractivity contribution is -0.144. The van der Waals surface area contributed by atoms with Crippen molar-refractivity contribution in [2.75, 3.05) is 41.1 Å². The van der Waals surface area contributed by atoms with Gasteiger partial charge in [0.15, 0.2) is 11.4 Å². The number of carbonyl (C=O) groups excluding carboxylic acids is 3. The summed E-state index contributed by atoms with van der Waals surface area (Å²) in [5.74, 6) is -2.59. The summed E-state index contributed by atoms with van der Waals surface area (Å²) in [4.78, 5) is 50.9. The van der Waals surface area contributed by atoms with Crippen LogP contribution in [-0.4, -0.2) is 76.7 Å². The number of hydrogen-bond donors (Lipinski definition) is 2. The van der Waals surface area contributed by atoms with Crippen molar-refractivity contribution in [3.63, 3.8) is 0 Å². The first kappa shape index (κ1) is 25.1. The number of pyridine rings is 1. The van der Waals surface area contributed by atoms with Gasteiger partial charge in [-0.2, -0.15) is 8.42 Å². The largest absolute Gasteiger partial charge is 0.491 e. The molecule has 0 radical (unpaired) electrons. The summed E-state index contributed by atoms with van der Waals surface area (Å²) in [6.45, 7) is -0.355. The number of carbonyl (C=O) groups is 3. The number of hydrogen-bond acceptors (Lipinski definition) is 8. The Morgan fingerprint density at radius 1 is 1.29 bits per heavy atom. The summed E-state index contributed by atoms with van der Waals surface area (Å²) >= 11 is 1.77. The maximum Gasteiger partial charge on any atom is 0.311 e. The van der Waals surface area contributed by atoms with E-state index in [1.54, 1.807) is 22.6 Å². The third-order valence-electron chi connectivity index (χ3n) is 4.58. The van der Waals surface area contributed by atoms with Crippen LogP contribution in [0.4, 0.5) is 0 Å². The Morgan fingerprint density at radius 2 is 1.90 bits per heavy atom. The lowest BCUT2D eigenvalue weighted by Gasteiger charge is -2.21. The fourth-order valence-corrected chi connectivity index (χ4v) is 4.55.